The molecule has 3 heteroatoms. The average molecular weight is 296 g/mol. The van der Waals surface area contributed by atoms with Crippen molar-refractivity contribution >= 4 is 0 Å². The van der Waals surface area contributed by atoms with Crippen molar-refractivity contribution in [3.8, 4) is 0 Å². The van der Waals surface area contributed by atoms with E-state index in [-0.39, 0.29) is 0 Å². The molecular formula is C18H36N2O. The Morgan fingerprint density at radius 1 is 0.952 bits per heavy atom. The first-order chi connectivity index (χ1) is 10.2. The molecule has 0 N–H and O–H groups in total. The Hall–Kier alpha value is -0.120. The first-order valence-electron chi connectivity index (χ1n) is 9.23. The van der Waals surface area contributed by atoms with Crippen molar-refractivity contribution in [3.05, 3.63) is 0 Å². The van der Waals surface area contributed by atoms with Gasteiger partial charge in [0.25, 0.3) is 0 Å². The van der Waals surface area contributed by atoms with Crippen LogP contribution in [0.5, 0.6) is 0 Å². The third-order valence-electron chi connectivity index (χ3n) is 5.57. The Morgan fingerprint density at radius 2 is 1.57 bits per heavy atom. The molecule has 0 saturated carbocycles. The van der Waals surface area contributed by atoms with Crippen LogP contribution in [0.2, 0.25) is 0 Å². The van der Waals surface area contributed by atoms with Crippen molar-refractivity contribution in [1.82, 2.24) is 9.80 Å². The first kappa shape index (κ1) is 17.2. The van der Waals surface area contributed by atoms with E-state index in [1.54, 1.807) is 0 Å². The van der Waals surface area contributed by atoms with Crippen molar-refractivity contribution < 1.29 is 4.74 Å². The Labute approximate surface area is 132 Å². The molecular weight excluding hydrogens is 260 g/mol. The van der Waals surface area contributed by atoms with E-state index in [2.05, 4.69) is 30.6 Å². The van der Waals surface area contributed by atoms with E-state index in [1.165, 1.54) is 58.3 Å². The Balaban J connectivity index is 1.49. The number of hydrogen-bond acceptors (Lipinski definition) is 3. The predicted octanol–water partition coefficient (Wildman–Crippen LogP) is 3.25. The summed E-state index contributed by atoms with van der Waals surface area (Å²) in [5, 5.41) is 0. The Bertz CT molecular complexity index is 266. The number of likely N-dealkylation sites (tertiary alicyclic amines) is 2. The molecule has 2 fully saturated rings. The van der Waals surface area contributed by atoms with Gasteiger partial charge in [0.2, 0.25) is 0 Å². The van der Waals surface area contributed by atoms with Crippen molar-refractivity contribution in [2.45, 2.75) is 58.9 Å². The van der Waals surface area contributed by atoms with Crippen LogP contribution >= 0.6 is 0 Å². The fraction of sp³-hybridized carbons (Fsp3) is 1.00. The van der Waals surface area contributed by atoms with Crippen LogP contribution in [0.1, 0.15) is 52.9 Å². The van der Waals surface area contributed by atoms with Gasteiger partial charge in [-0.25, -0.2) is 0 Å². The van der Waals surface area contributed by atoms with Crippen LogP contribution in [0.25, 0.3) is 0 Å². The second-order valence-electron chi connectivity index (χ2n) is 7.34. The fourth-order valence-electron chi connectivity index (χ4n) is 3.70. The fourth-order valence-corrected chi connectivity index (χ4v) is 3.70. The van der Waals surface area contributed by atoms with Gasteiger partial charge in [0.05, 0.1) is 6.61 Å². The maximum atomic E-state index is 5.96. The van der Waals surface area contributed by atoms with E-state index >= 15 is 0 Å². The van der Waals surface area contributed by atoms with Crippen LogP contribution in [-0.2, 0) is 4.74 Å². The normalized spacial score (nSPS) is 24.0. The third-order valence-corrected chi connectivity index (χ3v) is 5.57. The average Bonchev–Trinajstić information content (AvgIpc) is 2.52. The lowest BCUT2D eigenvalue weighted by Gasteiger charge is -2.34. The van der Waals surface area contributed by atoms with Crippen LogP contribution in [0.4, 0.5) is 0 Å². The molecule has 124 valence electrons. The zero-order valence-electron chi connectivity index (χ0n) is 14.5. The molecule has 2 aliphatic heterocycles. The minimum atomic E-state index is 0.706. The van der Waals surface area contributed by atoms with Gasteiger partial charge < -0.3 is 14.5 Å². The topological polar surface area (TPSA) is 15.7 Å². The summed E-state index contributed by atoms with van der Waals surface area (Å²) in [6.07, 6.45) is 6.79. The molecule has 0 radical (unpaired) electrons. The summed E-state index contributed by atoms with van der Waals surface area (Å²) < 4.78 is 5.96. The highest BCUT2D eigenvalue weighted by molar-refractivity contribution is 4.74. The van der Waals surface area contributed by atoms with E-state index in [1.807, 2.05) is 0 Å². The van der Waals surface area contributed by atoms with Gasteiger partial charge in [-0.2, -0.15) is 0 Å². The smallest absolute Gasteiger partial charge is 0.0593 e. The number of rotatable bonds is 7. The van der Waals surface area contributed by atoms with E-state index in [9.17, 15) is 0 Å². The molecule has 2 aliphatic rings. The highest BCUT2D eigenvalue weighted by Crippen LogP contribution is 2.20. The van der Waals surface area contributed by atoms with Gasteiger partial charge in [0.1, 0.15) is 0 Å². The molecule has 2 saturated heterocycles. The van der Waals surface area contributed by atoms with Crippen molar-refractivity contribution in [1.29, 1.82) is 0 Å². The molecule has 21 heavy (non-hydrogen) atoms. The number of hydrogen-bond donors (Lipinski definition) is 0. The maximum absolute atomic E-state index is 5.96. The van der Waals surface area contributed by atoms with Crippen molar-refractivity contribution in [2.24, 2.45) is 11.8 Å². The summed E-state index contributed by atoms with van der Waals surface area (Å²) in [6, 6.07) is 0.706. The van der Waals surface area contributed by atoms with Gasteiger partial charge in [-0.05, 0) is 77.5 Å². The van der Waals surface area contributed by atoms with Gasteiger partial charge in [0.15, 0.2) is 0 Å². The lowest BCUT2D eigenvalue weighted by molar-refractivity contribution is 0.0428. The van der Waals surface area contributed by atoms with Gasteiger partial charge in [-0.3, -0.25) is 0 Å². The maximum Gasteiger partial charge on any atom is 0.0593 e. The number of ether oxygens (including phenoxy) is 1. The molecule has 0 aromatic carbocycles. The van der Waals surface area contributed by atoms with Gasteiger partial charge in [-0.15, -0.1) is 0 Å². The minimum absolute atomic E-state index is 0.706. The molecule has 0 bridgehead atoms. The lowest BCUT2D eigenvalue weighted by atomic mass is 9.94. The monoisotopic (exact) mass is 296 g/mol. The quantitative estimate of drug-likeness (QED) is 0.671. The molecule has 0 aromatic rings. The van der Waals surface area contributed by atoms with E-state index in [0.717, 1.165) is 31.6 Å². The highest BCUT2D eigenvalue weighted by atomic mass is 16.5. The van der Waals surface area contributed by atoms with Gasteiger partial charge in [-0.1, -0.05) is 13.3 Å². The minimum Gasteiger partial charge on any atom is -0.380 e. The molecule has 0 amide bonds. The summed E-state index contributed by atoms with van der Waals surface area (Å²) in [6.45, 7) is 15.1. The second kappa shape index (κ2) is 9.12. The van der Waals surface area contributed by atoms with Crippen LogP contribution in [0.15, 0.2) is 0 Å². The Kier molecular flexibility index (Phi) is 7.48. The lowest BCUT2D eigenvalue weighted by Crippen LogP contribution is -2.39. The van der Waals surface area contributed by atoms with Crippen LogP contribution < -0.4 is 0 Å². The zero-order valence-corrected chi connectivity index (χ0v) is 14.5. The first-order valence-corrected chi connectivity index (χ1v) is 9.23. The molecule has 0 unspecified atom stereocenters. The van der Waals surface area contributed by atoms with E-state index in [0.29, 0.717) is 6.04 Å². The molecule has 0 aliphatic carbocycles. The summed E-state index contributed by atoms with van der Waals surface area (Å²) in [4.78, 5) is 5.18. The van der Waals surface area contributed by atoms with Crippen molar-refractivity contribution in [3.63, 3.8) is 0 Å². The largest absolute Gasteiger partial charge is 0.380 e. The molecule has 2 rings (SSSR count). The number of piperidine rings is 2. The summed E-state index contributed by atoms with van der Waals surface area (Å²) in [5.41, 5.74) is 0. The summed E-state index contributed by atoms with van der Waals surface area (Å²) in [5.74, 6) is 1.78. The summed E-state index contributed by atoms with van der Waals surface area (Å²) in [7, 11) is 0. The van der Waals surface area contributed by atoms with Crippen LogP contribution in [0.3, 0.4) is 0 Å². The third kappa shape index (κ3) is 5.88. The molecule has 0 atom stereocenters. The predicted molar refractivity (Wildman–Crippen MR) is 89.7 cm³/mol. The van der Waals surface area contributed by atoms with Crippen molar-refractivity contribution in [2.75, 3.05) is 45.9 Å². The van der Waals surface area contributed by atoms with Gasteiger partial charge >= 0.3 is 0 Å². The van der Waals surface area contributed by atoms with Crippen LogP contribution in [0, 0.1) is 11.8 Å². The Morgan fingerprint density at radius 3 is 2.14 bits per heavy atom. The molecule has 2 heterocycles. The van der Waals surface area contributed by atoms with Crippen LogP contribution in [-0.4, -0.2) is 61.8 Å². The van der Waals surface area contributed by atoms with E-state index in [4.69, 9.17) is 4.74 Å². The standard InChI is InChI=1S/C18H36N2O/c1-4-17-5-9-19(10-6-17)13-14-21-15-18-7-11-20(12-8-18)16(2)3/h16-18H,4-15H2,1-3H3. The molecule has 0 aromatic heterocycles. The number of nitrogens with zero attached hydrogens (tertiary/aromatic N) is 2. The van der Waals surface area contributed by atoms with Gasteiger partial charge in [0, 0.05) is 19.2 Å². The molecule has 3 nitrogen and oxygen atoms in total. The zero-order chi connectivity index (χ0) is 15.1. The highest BCUT2D eigenvalue weighted by Gasteiger charge is 2.21. The second-order valence-corrected chi connectivity index (χ2v) is 7.34. The summed E-state index contributed by atoms with van der Waals surface area (Å²) >= 11 is 0. The van der Waals surface area contributed by atoms with E-state index < -0.39 is 0 Å². The SMILES string of the molecule is CCC1CCN(CCOCC2CCN(C(C)C)CC2)CC1. The molecule has 0 spiro atoms.